The minimum absolute atomic E-state index is 0.535. The minimum atomic E-state index is -3.60. The van der Waals surface area contributed by atoms with Gasteiger partial charge in [0, 0.05) is 0 Å². The molecular weight excluding hydrogens is 458 g/mol. The van der Waals surface area contributed by atoms with Crippen LogP contribution in [-0.4, -0.2) is 57.3 Å². The molecule has 9 heteroatoms. The first-order chi connectivity index (χ1) is 13.3. The summed E-state index contributed by atoms with van der Waals surface area (Å²) in [6.45, 7) is 5.29. The second-order valence-electron chi connectivity index (χ2n) is 6.30. The molecule has 1 aromatic heterocycles. The Kier molecular flexibility index (Phi) is 6.25. The zero-order chi connectivity index (χ0) is 20.4. The van der Waals surface area contributed by atoms with Gasteiger partial charge in [0.05, 0.1) is 0 Å². The Morgan fingerprint density at radius 2 is 1.43 bits per heavy atom. The molecule has 0 radical (unpaired) electrons. The standard InChI is InChI=1S/C19H23N4O2PSSe/c1-4-22(5-2)19-18(20-21-23(19)27(3,24)25)26(28,16-12-8-6-9-13-16)17-14-10-7-11-15-17/h6-15H,4-5H2,1-3H3. The number of hydrogen-bond donors (Lipinski definition) is 0. The molecule has 0 spiro atoms. The molecule has 3 aromatic rings. The van der Waals surface area contributed by atoms with Crippen LogP contribution in [0.15, 0.2) is 60.7 Å². The molecule has 0 unspecified atom stereocenters. The van der Waals surface area contributed by atoms with Crippen molar-refractivity contribution in [2.45, 2.75) is 13.8 Å². The number of nitrogens with zero attached hydrogens (tertiary/aromatic N) is 4. The zero-order valence-electron chi connectivity index (χ0n) is 16.1. The average molecular weight is 481 g/mol. The van der Waals surface area contributed by atoms with Crippen molar-refractivity contribution in [2.75, 3.05) is 24.2 Å². The summed E-state index contributed by atoms with van der Waals surface area (Å²) in [6, 6.07) is 20.1. The molecular formula is C19H23N4O2PSSe. The Labute approximate surface area is 173 Å². The monoisotopic (exact) mass is 482 g/mol. The Hall–Kier alpha value is -1.72. The van der Waals surface area contributed by atoms with Crippen LogP contribution in [0.3, 0.4) is 0 Å². The molecule has 0 N–H and O–H groups in total. The van der Waals surface area contributed by atoms with E-state index in [4.69, 9.17) is 0 Å². The van der Waals surface area contributed by atoms with Crippen LogP contribution in [0.1, 0.15) is 13.8 Å². The normalized spacial score (nSPS) is 12.1. The van der Waals surface area contributed by atoms with E-state index in [1.165, 1.54) is 0 Å². The molecule has 1 heterocycles. The van der Waals surface area contributed by atoms with E-state index in [2.05, 4.69) is 49.7 Å². The van der Waals surface area contributed by atoms with Crippen LogP contribution >= 0.6 is 5.51 Å². The van der Waals surface area contributed by atoms with Crippen molar-refractivity contribution >= 4 is 52.5 Å². The van der Waals surface area contributed by atoms with Crippen molar-refractivity contribution in [2.24, 2.45) is 0 Å². The fourth-order valence-electron chi connectivity index (χ4n) is 3.14. The number of hydrogen-bond acceptors (Lipinski definition) is 5. The van der Waals surface area contributed by atoms with E-state index in [9.17, 15) is 8.42 Å². The first-order valence-electron chi connectivity index (χ1n) is 8.97. The fraction of sp³-hybridized carbons (Fsp3) is 0.263. The van der Waals surface area contributed by atoms with Crippen molar-refractivity contribution in [3.05, 3.63) is 60.7 Å². The molecule has 6 nitrogen and oxygen atoms in total. The van der Waals surface area contributed by atoms with E-state index in [-0.39, 0.29) is 0 Å². The topological polar surface area (TPSA) is 68.1 Å². The molecule has 0 aliphatic rings. The van der Waals surface area contributed by atoms with Gasteiger partial charge in [-0.15, -0.1) is 0 Å². The molecule has 0 saturated heterocycles. The number of anilines is 1. The molecule has 2 aromatic carbocycles. The fourth-order valence-corrected chi connectivity index (χ4v) is 8.82. The van der Waals surface area contributed by atoms with Gasteiger partial charge in [0.25, 0.3) is 0 Å². The van der Waals surface area contributed by atoms with Crippen LogP contribution in [0.25, 0.3) is 0 Å². The Balaban J connectivity index is 2.40. The summed E-state index contributed by atoms with van der Waals surface area (Å²) in [5.74, 6) is 0.535. The van der Waals surface area contributed by atoms with Gasteiger partial charge in [-0.25, -0.2) is 0 Å². The molecule has 148 valence electrons. The Morgan fingerprint density at radius 1 is 0.964 bits per heavy atom. The summed E-state index contributed by atoms with van der Waals surface area (Å²) >= 11 is 3.42. The van der Waals surface area contributed by atoms with Gasteiger partial charge in [0.1, 0.15) is 0 Å². The summed E-state index contributed by atoms with van der Waals surface area (Å²) in [5.41, 5.74) is -1.64. The molecule has 0 aliphatic heterocycles. The molecule has 0 bridgehead atoms. The van der Waals surface area contributed by atoms with E-state index in [1.807, 2.05) is 55.1 Å². The summed E-state index contributed by atoms with van der Waals surface area (Å²) in [6.07, 6.45) is 1.16. The average Bonchev–Trinajstić information content (AvgIpc) is 3.16. The first-order valence-corrected chi connectivity index (χ1v) is 14.8. The number of benzene rings is 2. The summed E-state index contributed by atoms with van der Waals surface area (Å²) in [5, 5.41) is 10.7. The van der Waals surface area contributed by atoms with Crippen LogP contribution in [0, 0.1) is 0 Å². The van der Waals surface area contributed by atoms with Crippen LogP contribution in [0.2, 0.25) is 0 Å². The molecule has 0 fully saturated rings. The zero-order valence-corrected chi connectivity index (χ0v) is 19.5. The second-order valence-corrected chi connectivity index (χ2v) is 14.2. The van der Waals surface area contributed by atoms with Gasteiger partial charge in [0.2, 0.25) is 0 Å². The third-order valence-electron chi connectivity index (χ3n) is 4.52. The third kappa shape index (κ3) is 3.74. The van der Waals surface area contributed by atoms with Gasteiger partial charge < -0.3 is 0 Å². The van der Waals surface area contributed by atoms with Crippen molar-refractivity contribution in [3.8, 4) is 0 Å². The Bertz CT molecular complexity index is 1050. The molecule has 28 heavy (non-hydrogen) atoms. The van der Waals surface area contributed by atoms with Gasteiger partial charge in [-0.2, -0.15) is 0 Å². The van der Waals surface area contributed by atoms with Crippen LogP contribution in [-0.2, 0) is 10.0 Å². The van der Waals surface area contributed by atoms with Crippen molar-refractivity contribution in [3.63, 3.8) is 0 Å². The van der Waals surface area contributed by atoms with Gasteiger partial charge in [0.15, 0.2) is 0 Å². The molecule has 0 amide bonds. The van der Waals surface area contributed by atoms with E-state index in [0.717, 1.165) is 21.0 Å². The van der Waals surface area contributed by atoms with E-state index < -0.39 is 15.5 Å². The second kappa shape index (κ2) is 8.34. The van der Waals surface area contributed by atoms with Crippen LogP contribution < -0.4 is 20.9 Å². The van der Waals surface area contributed by atoms with Crippen LogP contribution in [0.4, 0.5) is 5.82 Å². The van der Waals surface area contributed by atoms with E-state index in [1.54, 1.807) is 0 Å². The maximum absolute atomic E-state index is 12.4. The Morgan fingerprint density at radius 3 is 1.82 bits per heavy atom. The van der Waals surface area contributed by atoms with Gasteiger partial charge in [-0.05, 0) is 0 Å². The van der Waals surface area contributed by atoms with E-state index in [0.29, 0.717) is 24.3 Å². The quantitative estimate of drug-likeness (QED) is 0.376. The summed E-state index contributed by atoms with van der Waals surface area (Å²) in [4.78, 5) is 1.99. The summed E-state index contributed by atoms with van der Waals surface area (Å²) in [7, 11) is -3.60. The van der Waals surface area contributed by atoms with Crippen molar-refractivity contribution in [1.82, 2.24) is 14.4 Å². The predicted octanol–water partition coefficient (Wildman–Crippen LogP) is 1.31. The number of aromatic nitrogens is 3. The number of rotatable bonds is 7. The maximum atomic E-state index is 12.4. The molecule has 0 aliphatic carbocycles. The van der Waals surface area contributed by atoms with Crippen LogP contribution in [0.5, 0.6) is 0 Å². The molecule has 0 saturated carbocycles. The van der Waals surface area contributed by atoms with Gasteiger partial charge in [-0.1, -0.05) is 0 Å². The van der Waals surface area contributed by atoms with Gasteiger partial charge >= 0.3 is 174 Å². The SMILES string of the molecule is CCN(CC)c1c(P(=[Se])(c2ccccc2)c2ccccc2)nnn1S(C)(=O)=O. The first kappa shape index (κ1) is 21.0. The van der Waals surface area contributed by atoms with E-state index >= 15 is 0 Å². The predicted molar refractivity (Wildman–Crippen MR) is 118 cm³/mol. The van der Waals surface area contributed by atoms with Gasteiger partial charge in [-0.3, -0.25) is 0 Å². The van der Waals surface area contributed by atoms with Crippen molar-refractivity contribution < 1.29 is 8.42 Å². The molecule has 3 rings (SSSR count). The summed E-state index contributed by atoms with van der Waals surface area (Å²) < 4.78 is 25.9. The third-order valence-corrected chi connectivity index (χ3v) is 12.1. The molecule has 0 atom stereocenters. The van der Waals surface area contributed by atoms with Crippen molar-refractivity contribution in [1.29, 1.82) is 0 Å².